The van der Waals surface area contributed by atoms with Gasteiger partial charge in [-0.15, -0.1) is 0 Å². The molecule has 1 amide bonds. The Morgan fingerprint density at radius 2 is 2.35 bits per heavy atom. The molecule has 4 rings (SSSR count). The lowest BCUT2D eigenvalue weighted by Crippen LogP contribution is -2.58. The van der Waals surface area contributed by atoms with Crippen LogP contribution in [0.15, 0.2) is 24.4 Å². The summed E-state index contributed by atoms with van der Waals surface area (Å²) in [6.45, 7) is 5.43. The van der Waals surface area contributed by atoms with E-state index < -0.39 is 0 Å². The number of carbonyl (C=O) groups excluding carboxylic acids is 1. The Balaban J connectivity index is 1.41. The summed E-state index contributed by atoms with van der Waals surface area (Å²) in [7, 11) is 3.78. The highest BCUT2D eigenvalue weighted by Crippen LogP contribution is 2.36. The van der Waals surface area contributed by atoms with Gasteiger partial charge >= 0.3 is 0 Å². The zero-order chi connectivity index (χ0) is 18.4. The van der Waals surface area contributed by atoms with E-state index in [0.717, 1.165) is 44.4 Å². The standard InChI is InChI=1S/C20H32N4O2/c1-23(9-7-18-5-3-4-8-21-18)13-17-14-24-10-6-16(17)11-19(24)12-22-20(25)15-26-2/h3-5,8,16-17,19H,6-7,9-15H2,1-2H3,(H,22,25)/t16-,17-,19+/m0/s1. The van der Waals surface area contributed by atoms with Crippen molar-refractivity contribution in [3.63, 3.8) is 0 Å². The highest BCUT2D eigenvalue weighted by Gasteiger charge is 2.40. The Hall–Kier alpha value is -1.50. The minimum atomic E-state index is -0.0130. The highest BCUT2D eigenvalue weighted by atomic mass is 16.5. The number of nitrogens with one attached hydrogen (secondary N) is 1. The van der Waals surface area contributed by atoms with Crippen LogP contribution in [-0.2, 0) is 16.0 Å². The Morgan fingerprint density at radius 3 is 3.04 bits per heavy atom. The summed E-state index contributed by atoms with van der Waals surface area (Å²) in [5.74, 6) is 1.51. The maximum absolute atomic E-state index is 11.6. The Labute approximate surface area is 156 Å². The van der Waals surface area contributed by atoms with Crippen molar-refractivity contribution in [1.82, 2.24) is 20.1 Å². The first-order valence-electron chi connectivity index (χ1n) is 9.74. The van der Waals surface area contributed by atoms with Gasteiger partial charge in [0.05, 0.1) is 0 Å². The van der Waals surface area contributed by atoms with Crippen molar-refractivity contribution < 1.29 is 9.53 Å². The second-order valence-corrected chi connectivity index (χ2v) is 7.76. The van der Waals surface area contributed by atoms with E-state index in [1.807, 2.05) is 12.3 Å². The molecule has 4 atom stereocenters. The molecule has 3 saturated heterocycles. The summed E-state index contributed by atoms with van der Waals surface area (Å²) in [6.07, 6.45) is 5.37. The van der Waals surface area contributed by atoms with E-state index in [1.165, 1.54) is 25.1 Å². The van der Waals surface area contributed by atoms with Gasteiger partial charge in [0.15, 0.2) is 0 Å². The van der Waals surface area contributed by atoms with Crippen LogP contribution >= 0.6 is 0 Å². The predicted octanol–water partition coefficient (Wildman–Crippen LogP) is 1.03. The molecule has 6 nitrogen and oxygen atoms in total. The third-order valence-electron chi connectivity index (χ3n) is 5.85. The number of hydrogen-bond donors (Lipinski definition) is 1. The first-order chi connectivity index (χ1) is 12.7. The van der Waals surface area contributed by atoms with Crippen LogP contribution in [0.1, 0.15) is 18.5 Å². The largest absolute Gasteiger partial charge is 0.375 e. The predicted molar refractivity (Wildman–Crippen MR) is 102 cm³/mol. The number of pyridine rings is 1. The maximum Gasteiger partial charge on any atom is 0.246 e. The van der Waals surface area contributed by atoms with Gasteiger partial charge in [0.25, 0.3) is 0 Å². The molecule has 4 heterocycles. The average molecular weight is 361 g/mol. The van der Waals surface area contributed by atoms with Gasteiger partial charge in [0.2, 0.25) is 5.91 Å². The molecule has 0 saturated carbocycles. The van der Waals surface area contributed by atoms with Crippen LogP contribution in [0.5, 0.6) is 0 Å². The summed E-state index contributed by atoms with van der Waals surface area (Å²) in [4.78, 5) is 21.1. The third kappa shape index (κ3) is 5.25. The molecule has 3 aliphatic heterocycles. The summed E-state index contributed by atoms with van der Waals surface area (Å²) in [6, 6.07) is 6.62. The molecule has 0 aromatic carbocycles. The van der Waals surface area contributed by atoms with Crippen molar-refractivity contribution in [2.75, 3.05) is 53.5 Å². The lowest BCUT2D eigenvalue weighted by atomic mass is 9.75. The molecule has 0 spiro atoms. The van der Waals surface area contributed by atoms with Crippen molar-refractivity contribution in [2.24, 2.45) is 11.8 Å². The SMILES string of the molecule is COCC(=O)NC[C@H]1C[C@@H]2CCN1C[C@@H]2CN(C)CCc1ccccn1. The molecule has 144 valence electrons. The van der Waals surface area contributed by atoms with E-state index >= 15 is 0 Å². The van der Waals surface area contributed by atoms with Crippen LogP contribution in [-0.4, -0.2) is 80.2 Å². The molecular formula is C20H32N4O2. The van der Waals surface area contributed by atoms with Crippen LogP contribution in [0, 0.1) is 11.8 Å². The Bertz CT molecular complexity index is 568. The molecule has 1 unspecified atom stereocenters. The van der Waals surface area contributed by atoms with Gasteiger partial charge in [-0.3, -0.25) is 14.7 Å². The quantitative estimate of drug-likeness (QED) is 0.713. The fraction of sp³-hybridized carbons (Fsp3) is 0.700. The number of amides is 1. The van der Waals surface area contributed by atoms with Crippen LogP contribution in [0.2, 0.25) is 0 Å². The second kappa shape index (κ2) is 9.44. The van der Waals surface area contributed by atoms with Crippen molar-refractivity contribution in [3.8, 4) is 0 Å². The first-order valence-corrected chi connectivity index (χ1v) is 9.74. The van der Waals surface area contributed by atoms with E-state index in [9.17, 15) is 4.79 Å². The minimum Gasteiger partial charge on any atom is -0.375 e. The summed E-state index contributed by atoms with van der Waals surface area (Å²) >= 11 is 0. The van der Waals surface area contributed by atoms with E-state index in [1.54, 1.807) is 7.11 Å². The smallest absolute Gasteiger partial charge is 0.246 e. The third-order valence-corrected chi connectivity index (χ3v) is 5.85. The van der Waals surface area contributed by atoms with Gasteiger partial charge in [-0.05, 0) is 50.4 Å². The highest BCUT2D eigenvalue weighted by molar-refractivity contribution is 5.77. The summed E-state index contributed by atoms with van der Waals surface area (Å²) in [5, 5.41) is 3.01. The van der Waals surface area contributed by atoms with E-state index in [4.69, 9.17) is 4.74 Å². The number of likely N-dealkylation sites (N-methyl/N-ethyl adjacent to an activating group) is 1. The minimum absolute atomic E-state index is 0.0130. The normalized spacial score (nSPS) is 27.7. The van der Waals surface area contributed by atoms with Gasteiger partial charge in [-0.25, -0.2) is 0 Å². The first kappa shape index (κ1) is 19.3. The molecule has 0 radical (unpaired) electrons. The number of carbonyl (C=O) groups is 1. The van der Waals surface area contributed by atoms with Gasteiger partial charge in [0, 0.05) is 57.6 Å². The number of aromatic nitrogens is 1. The molecule has 1 aromatic heterocycles. The van der Waals surface area contributed by atoms with Crippen molar-refractivity contribution in [3.05, 3.63) is 30.1 Å². The molecule has 2 bridgehead atoms. The second-order valence-electron chi connectivity index (χ2n) is 7.76. The zero-order valence-corrected chi connectivity index (χ0v) is 16.1. The number of piperidine rings is 3. The molecule has 0 aliphatic carbocycles. The number of fused-ring (bicyclic) bond motifs is 3. The van der Waals surface area contributed by atoms with Gasteiger partial charge in [0.1, 0.15) is 6.61 Å². The molecule has 6 heteroatoms. The number of rotatable bonds is 9. The average Bonchev–Trinajstić information content (AvgIpc) is 2.66. The summed E-state index contributed by atoms with van der Waals surface area (Å²) < 4.78 is 4.89. The topological polar surface area (TPSA) is 57.7 Å². The molecular weight excluding hydrogens is 328 g/mol. The molecule has 1 N–H and O–H groups in total. The van der Waals surface area contributed by atoms with Crippen LogP contribution in [0.25, 0.3) is 0 Å². The van der Waals surface area contributed by atoms with Crippen LogP contribution in [0.4, 0.5) is 0 Å². The zero-order valence-electron chi connectivity index (χ0n) is 16.1. The number of methoxy groups -OCH3 is 1. The molecule has 26 heavy (non-hydrogen) atoms. The van der Waals surface area contributed by atoms with Crippen molar-refractivity contribution in [1.29, 1.82) is 0 Å². The van der Waals surface area contributed by atoms with E-state index in [-0.39, 0.29) is 12.5 Å². The van der Waals surface area contributed by atoms with Gasteiger partial charge < -0.3 is 15.0 Å². The van der Waals surface area contributed by atoms with Crippen LogP contribution in [0.3, 0.4) is 0 Å². The Kier molecular flexibility index (Phi) is 7.00. The van der Waals surface area contributed by atoms with E-state index in [2.05, 4.69) is 39.3 Å². The van der Waals surface area contributed by atoms with Gasteiger partial charge in [-0.1, -0.05) is 6.07 Å². The fourth-order valence-corrected chi connectivity index (χ4v) is 4.43. The number of nitrogens with zero attached hydrogens (tertiary/aromatic N) is 3. The maximum atomic E-state index is 11.6. The van der Waals surface area contributed by atoms with Crippen LogP contribution < -0.4 is 5.32 Å². The summed E-state index contributed by atoms with van der Waals surface area (Å²) in [5.41, 5.74) is 1.17. The van der Waals surface area contributed by atoms with Crippen molar-refractivity contribution >= 4 is 5.91 Å². The molecule has 3 aliphatic rings. The lowest BCUT2D eigenvalue weighted by molar-refractivity contribution is -0.125. The lowest BCUT2D eigenvalue weighted by Gasteiger charge is -2.50. The molecule has 1 aromatic rings. The monoisotopic (exact) mass is 360 g/mol. The number of ether oxygens (including phenoxy) is 1. The number of hydrogen-bond acceptors (Lipinski definition) is 5. The Morgan fingerprint density at radius 1 is 1.46 bits per heavy atom. The van der Waals surface area contributed by atoms with Crippen molar-refractivity contribution in [2.45, 2.75) is 25.3 Å². The van der Waals surface area contributed by atoms with E-state index in [0.29, 0.717) is 6.04 Å². The fourth-order valence-electron chi connectivity index (χ4n) is 4.43. The molecule has 3 fully saturated rings. The van der Waals surface area contributed by atoms with Gasteiger partial charge in [-0.2, -0.15) is 0 Å².